The molecule has 0 bridgehead atoms. The Morgan fingerprint density at radius 1 is 1.09 bits per heavy atom. The molecule has 0 spiro atoms. The molecule has 0 aliphatic carbocycles. The Labute approximate surface area is 207 Å². The Hall–Kier alpha value is -3.78. The van der Waals surface area contributed by atoms with Gasteiger partial charge in [0, 0.05) is 10.4 Å². The van der Waals surface area contributed by atoms with Crippen LogP contribution < -0.4 is 9.47 Å². The lowest BCUT2D eigenvalue weighted by atomic mass is 9.93. The molecule has 1 atom stereocenters. The van der Waals surface area contributed by atoms with Gasteiger partial charge in [-0.25, -0.2) is 0 Å². The van der Waals surface area contributed by atoms with Gasteiger partial charge in [0.15, 0.2) is 11.5 Å². The first-order valence-electron chi connectivity index (χ1n) is 11.2. The Kier molecular flexibility index (Phi) is 6.84. The fourth-order valence-electron chi connectivity index (χ4n) is 4.34. The minimum atomic E-state index is -0.862. The van der Waals surface area contributed by atoms with Crippen molar-refractivity contribution < 1.29 is 29.3 Å². The number of rotatable bonds is 7. The number of methoxy groups -OCH3 is 1. The monoisotopic (exact) mass is 493 g/mol. The van der Waals surface area contributed by atoms with Gasteiger partial charge < -0.3 is 24.6 Å². The lowest BCUT2D eigenvalue weighted by Crippen LogP contribution is -2.28. The molecule has 1 amide bonds. The third kappa shape index (κ3) is 4.49. The number of ether oxygens (including phenoxy) is 2. The molecule has 1 aromatic heterocycles. The van der Waals surface area contributed by atoms with E-state index in [2.05, 4.69) is 0 Å². The number of aryl methyl sites for hydroxylation is 2. The molecule has 1 unspecified atom stereocenters. The number of carbonyl (C=O) groups excluding carboxylic acids is 2. The summed E-state index contributed by atoms with van der Waals surface area (Å²) >= 11 is 1.48. The van der Waals surface area contributed by atoms with Crippen molar-refractivity contribution in [2.24, 2.45) is 0 Å². The molecule has 7 nitrogen and oxygen atoms in total. The molecule has 8 heteroatoms. The molecule has 1 aliphatic heterocycles. The van der Waals surface area contributed by atoms with E-state index < -0.39 is 17.7 Å². The van der Waals surface area contributed by atoms with Crippen LogP contribution in [0.5, 0.6) is 17.2 Å². The molecule has 0 radical (unpaired) electrons. The highest BCUT2D eigenvalue weighted by Gasteiger charge is 2.46. The molecule has 2 aromatic carbocycles. The summed E-state index contributed by atoms with van der Waals surface area (Å²) < 4.78 is 10.9. The van der Waals surface area contributed by atoms with E-state index in [1.807, 2.05) is 31.4 Å². The predicted molar refractivity (Wildman–Crippen MR) is 134 cm³/mol. The van der Waals surface area contributed by atoms with Crippen LogP contribution in [0.1, 0.15) is 40.1 Å². The molecule has 35 heavy (non-hydrogen) atoms. The van der Waals surface area contributed by atoms with Crippen molar-refractivity contribution in [2.45, 2.75) is 33.4 Å². The van der Waals surface area contributed by atoms with Gasteiger partial charge in [0.1, 0.15) is 11.5 Å². The zero-order valence-electron chi connectivity index (χ0n) is 20.0. The number of nitrogens with zero attached hydrogens (tertiary/aromatic N) is 1. The second-order valence-electron chi connectivity index (χ2n) is 8.30. The Balaban J connectivity index is 1.92. The number of aliphatic hydroxyl groups excluding tert-OH is 1. The molecule has 4 rings (SSSR count). The smallest absolute Gasteiger partial charge is 0.295 e. The van der Waals surface area contributed by atoms with Gasteiger partial charge in [-0.2, -0.15) is 0 Å². The number of aromatic hydroxyl groups is 1. The average molecular weight is 494 g/mol. The minimum absolute atomic E-state index is 0.00707. The Bertz CT molecular complexity index is 1310. The summed E-state index contributed by atoms with van der Waals surface area (Å²) in [5.41, 5.74) is 2.48. The summed E-state index contributed by atoms with van der Waals surface area (Å²) in [6.07, 6.45) is 0. The van der Waals surface area contributed by atoms with Crippen molar-refractivity contribution in [1.29, 1.82) is 0 Å². The molecule has 1 saturated heterocycles. The molecular formula is C27H27NO6S. The number of likely N-dealkylation sites (tertiary alicyclic amines) is 1. The number of phenolic OH excluding ortho intramolecular Hbond substituents is 1. The van der Waals surface area contributed by atoms with Gasteiger partial charge in [-0.3, -0.25) is 9.59 Å². The van der Waals surface area contributed by atoms with Gasteiger partial charge in [-0.15, -0.1) is 11.3 Å². The van der Waals surface area contributed by atoms with Crippen LogP contribution in [0.25, 0.3) is 5.76 Å². The molecule has 1 aliphatic rings. The third-order valence-electron chi connectivity index (χ3n) is 6.04. The third-order valence-corrected chi connectivity index (χ3v) is 6.90. The molecule has 3 aromatic rings. The van der Waals surface area contributed by atoms with E-state index >= 15 is 0 Å². The maximum Gasteiger partial charge on any atom is 0.295 e. The number of aliphatic hydroxyl groups is 1. The average Bonchev–Trinajstić information content (AvgIpc) is 3.44. The molecule has 0 saturated carbocycles. The number of thiophene rings is 1. The van der Waals surface area contributed by atoms with Crippen LogP contribution in [0.3, 0.4) is 0 Å². The number of ketones is 1. The summed E-state index contributed by atoms with van der Waals surface area (Å²) in [5, 5.41) is 23.6. The first-order chi connectivity index (χ1) is 16.8. The van der Waals surface area contributed by atoms with Gasteiger partial charge in [0.2, 0.25) is 0 Å². The fourth-order valence-corrected chi connectivity index (χ4v) is 5.04. The molecule has 2 N–H and O–H groups in total. The van der Waals surface area contributed by atoms with Crippen LogP contribution in [0.15, 0.2) is 53.4 Å². The van der Waals surface area contributed by atoms with Crippen molar-refractivity contribution in [3.8, 4) is 17.2 Å². The number of benzene rings is 2. The number of Topliss-reactive ketones (excluding diaryl/α,β-unsaturated/α-hetero) is 1. The van der Waals surface area contributed by atoms with Gasteiger partial charge >= 0.3 is 0 Å². The number of amides is 1. The molecule has 182 valence electrons. The first-order valence-corrected chi connectivity index (χ1v) is 12.1. The van der Waals surface area contributed by atoms with E-state index in [1.165, 1.54) is 22.3 Å². The molecular weight excluding hydrogens is 466 g/mol. The van der Waals surface area contributed by atoms with Gasteiger partial charge in [-0.1, -0.05) is 12.1 Å². The van der Waals surface area contributed by atoms with E-state index in [0.717, 1.165) is 10.4 Å². The summed E-state index contributed by atoms with van der Waals surface area (Å²) in [4.78, 5) is 28.9. The maximum atomic E-state index is 13.3. The van der Waals surface area contributed by atoms with Crippen LogP contribution in [-0.4, -0.2) is 40.5 Å². The Morgan fingerprint density at radius 2 is 1.86 bits per heavy atom. The van der Waals surface area contributed by atoms with Crippen LogP contribution in [0.4, 0.5) is 0 Å². The highest BCUT2D eigenvalue weighted by molar-refractivity contribution is 7.09. The SMILES string of the molecule is CCOc1cc(C2/C(=C(\O)c3cc(C)c(OC)cc3C)C(=O)C(=O)N2Cc2cccs2)ccc1O. The summed E-state index contributed by atoms with van der Waals surface area (Å²) in [6.45, 7) is 5.98. The van der Waals surface area contributed by atoms with Gasteiger partial charge in [0.05, 0.1) is 31.9 Å². The van der Waals surface area contributed by atoms with Crippen LogP contribution in [-0.2, 0) is 16.1 Å². The number of hydrogen-bond acceptors (Lipinski definition) is 7. The fraction of sp³-hybridized carbons (Fsp3) is 0.259. The maximum absolute atomic E-state index is 13.3. The summed E-state index contributed by atoms with van der Waals surface area (Å²) in [7, 11) is 1.57. The largest absolute Gasteiger partial charge is 0.507 e. The zero-order valence-corrected chi connectivity index (χ0v) is 20.8. The predicted octanol–water partition coefficient (Wildman–Crippen LogP) is 5.10. The Morgan fingerprint density at radius 3 is 2.51 bits per heavy atom. The number of hydrogen-bond donors (Lipinski definition) is 2. The van der Waals surface area contributed by atoms with E-state index in [1.54, 1.807) is 38.3 Å². The van der Waals surface area contributed by atoms with Crippen LogP contribution >= 0.6 is 11.3 Å². The lowest BCUT2D eigenvalue weighted by molar-refractivity contribution is -0.140. The molecule has 1 fully saturated rings. The quantitative estimate of drug-likeness (QED) is 0.270. The van der Waals surface area contributed by atoms with Crippen LogP contribution in [0, 0.1) is 13.8 Å². The highest BCUT2D eigenvalue weighted by atomic mass is 32.1. The van der Waals surface area contributed by atoms with Crippen molar-refractivity contribution in [1.82, 2.24) is 4.90 Å². The van der Waals surface area contributed by atoms with Crippen molar-refractivity contribution in [3.63, 3.8) is 0 Å². The normalized spacial score (nSPS) is 17.1. The molecule has 2 heterocycles. The second kappa shape index (κ2) is 9.84. The van der Waals surface area contributed by atoms with Crippen molar-refractivity contribution in [2.75, 3.05) is 13.7 Å². The standard InChI is InChI=1S/C27H27NO6S/c1-5-34-22-13-17(8-9-20(22)29)24-23(25(30)19-11-16(3)21(33-4)12-15(19)2)26(31)27(32)28(24)14-18-7-6-10-35-18/h6-13,24,29-30H,5,14H2,1-4H3/b25-23+. The number of carbonyl (C=O) groups is 2. The lowest BCUT2D eigenvalue weighted by Gasteiger charge is -2.25. The highest BCUT2D eigenvalue weighted by Crippen LogP contribution is 2.43. The van der Waals surface area contributed by atoms with Crippen LogP contribution in [0.2, 0.25) is 0 Å². The van der Waals surface area contributed by atoms with Gasteiger partial charge in [-0.05, 0) is 73.2 Å². The van der Waals surface area contributed by atoms with E-state index in [-0.39, 0.29) is 29.4 Å². The van der Waals surface area contributed by atoms with E-state index in [9.17, 15) is 19.8 Å². The summed E-state index contributed by atoms with van der Waals surface area (Å²) in [5.74, 6) is -0.859. The minimum Gasteiger partial charge on any atom is -0.507 e. The zero-order chi connectivity index (χ0) is 25.3. The van der Waals surface area contributed by atoms with Gasteiger partial charge in [0.25, 0.3) is 11.7 Å². The summed E-state index contributed by atoms with van der Waals surface area (Å²) in [6, 6.07) is 11.1. The second-order valence-corrected chi connectivity index (χ2v) is 9.34. The topological polar surface area (TPSA) is 96.3 Å². The van der Waals surface area contributed by atoms with E-state index in [4.69, 9.17) is 9.47 Å². The number of phenols is 1. The van der Waals surface area contributed by atoms with E-state index in [0.29, 0.717) is 29.0 Å². The van der Waals surface area contributed by atoms with Crippen molar-refractivity contribution >= 4 is 28.8 Å². The van der Waals surface area contributed by atoms with Crippen molar-refractivity contribution in [3.05, 3.63) is 80.5 Å². The first kappa shape index (κ1) is 24.3.